The second kappa shape index (κ2) is 7.76. The topological polar surface area (TPSA) is 43.4 Å². The number of ketones is 1. The zero-order valence-corrected chi connectivity index (χ0v) is 14.6. The molecule has 0 unspecified atom stereocenters. The van der Waals surface area contributed by atoms with Crippen LogP contribution in [-0.4, -0.2) is 17.9 Å². The van der Waals surface area contributed by atoms with Crippen molar-refractivity contribution in [3.63, 3.8) is 0 Å². The molecule has 2 rings (SSSR count). The van der Waals surface area contributed by atoms with Gasteiger partial charge >= 0.3 is 5.97 Å². The molecule has 0 amide bonds. The van der Waals surface area contributed by atoms with Crippen molar-refractivity contribution in [1.82, 2.24) is 0 Å². The number of esters is 1. The van der Waals surface area contributed by atoms with Gasteiger partial charge in [0, 0.05) is 5.56 Å². The molecule has 0 N–H and O–H groups in total. The van der Waals surface area contributed by atoms with E-state index in [0.29, 0.717) is 23.3 Å². The molecule has 126 valence electrons. The van der Waals surface area contributed by atoms with Crippen molar-refractivity contribution in [2.75, 3.05) is 0 Å². The van der Waals surface area contributed by atoms with Gasteiger partial charge in [0.2, 0.25) is 0 Å². The first kappa shape index (κ1) is 17.7. The van der Waals surface area contributed by atoms with Crippen LogP contribution in [0.4, 0.5) is 0 Å². The molecule has 0 aliphatic heterocycles. The molecule has 1 aromatic rings. The zero-order valence-electron chi connectivity index (χ0n) is 14.6. The fourth-order valence-corrected chi connectivity index (χ4v) is 3.46. The molecule has 0 bridgehead atoms. The van der Waals surface area contributed by atoms with Crippen LogP contribution < -0.4 is 0 Å². The van der Waals surface area contributed by atoms with Gasteiger partial charge in [-0.15, -0.1) is 0 Å². The van der Waals surface area contributed by atoms with Crippen molar-refractivity contribution >= 4 is 11.8 Å². The smallest absolute Gasteiger partial charge is 0.316 e. The van der Waals surface area contributed by atoms with Crippen LogP contribution in [0.15, 0.2) is 30.3 Å². The SMILES string of the molecule is CC(C)[C@H]1CC[C@H](C)C[C@H]1OC(=O)[C@@H](C)C(=O)c1ccccc1. The number of carbonyl (C=O) groups is 2. The third-order valence-electron chi connectivity index (χ3n) is 5.03. The monoisotopic (exact) mass is 316 g/mol. The second-order valence-corrected chi connectivity index (χ2v) is 7.25. The van der Waals surface area contributed by atoms with E-state index in [0.717, 1.165) is 12.8 Å². The Balaban J connectivity index is 2.03. The Morgan fingerprint density at radius 2 is 1.74 bits per heavy atom. The van der Waals surface area contributed by atoms with Gasteiger partial charge in [-0.2, -0.15) is 0 Å². The minimum atomic E-state index is -0.748. The third-order valence-corrected chi connectivity index (χ3v) is 5.03. The number of carbonyl (C=O) groups excluding carboxylic acids is 2. The van der Waals surface area contributed by atoms with Gasteiger partial charge in [-0.3, -0.25) is 9.59 Å². The Bertz CT molecular complexity index is 535. The van der Waals surface area contributed by atoms with E-state index in [2.05, 4.69) is 20.8 Å². The summed E-state index contributed by atoms with van der Waals surface area (Å²) in [6.45, 7) is 8.21. The van der Waals surface area contributed by atoms with Gasteiger partial charge in [0.25, 0.3) is 0 Å². The van der Waals surface area contributed by atoms with Crippen molar-refractivity contribution in [2.45, 2.75) is 53.1 Å². The lowest BCUT2D eigenvalue weighted by Crippen LogP contribution is -2.38. The van der Waals surface area contributed by atoms with E-state index in [1.165, 1.54) is 6.42 Å². The van der Waals surface area contributed by atoms with Crippen molar-refractivity contribution in [1.29, 1.82) is 0 Å². The molecule has 23 heavy (non-hydrogen) atoms. The maximum atomic E-state index is 12.5. The predicted molar refractivity (Wildman–Crippen MR) is 91.2 cm³/mol. The average Bonchev–Trinajstić information content (AvgIpc) is 2.54. The minimum absolute atomic E-state index is 0.0581. The van der Waals surface area contributed by atoms with E-state index in [9.17, 15) is 9.59 Å². The van der Waals surface area contributed by atoms with Gasteiger partial charge in [0.05, 0.1) is 0 Å². The number of ether oxygens (including phenoxy) is 1. The van der Waals surface area contributed by atoms with Crippen LogP contribution in [0.2, 0.25) is 0 Å². The molecule has 0 aromatic heterocycles. The van der Waals surface area contributed by atoms with Gasteiger partial charge in [-0.1, -0.05) is 57.5 Å². The first-order valence-electron chi connectivity index (χ1n) is 8.70. The van der Waals surface area contributed by atoms with E-state index in [1.807, 2.05) is 18.2 Å². The summed E-state index contributed by atoms with van der Waals surface area (Å²) in [5, 5.41) is 0. The molecular weight excluding hydrogens is 288 g/mol. The molecule has 1 aliphatic carbocycles. The third kappa shape index (κ3) is 4.43. The largest absolute Gasteiger partial charge is 0.462 e. The minimum Gasteiger partial charge on any atom is -0.462 e. The van der Waals surface area contributed by atoms with Crippen LogP contribution in [0, 0.1) is 23.7 Å². The summed E-state index contributed by atoms with van der Waals surface area (Å²) in [5.41, 5.74) is 0.564. The van der Waals surface area contributed by atoms with E-state index >= 15 is 0 Å². The lowest BCUT2D eigenvalue weighted by Gasteiger charge is -2.37. The molecule has 0 spiro atoms. The maximum absolute atomic E-state index is 12.5. The first-order chi connectivity index (χ1) is 10.9. The molecule has 0 heterocycles. The molecule has 3 heteroatoms. The second-order valence-electron chi connectivity index (χ2n) is 7.25. The Hall–Kier alpha value is -1.64. The number of rotatable bonds is 5. The zero-order chi connectivity index (χ0) is 17.0. The fourth-order valence-electron chi connectivity index (χ4n) is 3.46. The fraction of sp³-hybridized carbons (Fsp3) is 0.600. The maximum Gasteiger partial charge on any atom is 0.316 e. The normalized spacial score (nSPS) is 25.9. The summed E-state index contributed by atoms with van der Waals surface area (Å²) in [4.78, 5) is 24.9. The lowest BCUT2D eigenvalue weighted by atomic mass is 9.75. The predicted octanol–water partition coefficient (Wildman–Crippen LogP) is 4.51. The highest BCUT2D eigenvalue weighted by molar-refractivity contribution is 6.08. The van der Waals surface area contributed by atoms with Gasteiger partial charge in [-0.05, 0) is 37.5 Å². The van der Waals surface area contributed by atoms with E-state index in [-0.39, 0.29) is 17.9 Å². The molecule has 1 aromatic carbocycles. The molecule has 0 radical (unpaired) electrons. The summed E-state index contributed by atoms with van der Waals surface area (Å²) >= 11 is 0. The number of hydrogen-bond donors (Lipinski definition) is 0. The Kier molecular flexibility index (Phi) is 5.97. The Labute approximate surface area is 139 Å². The molecule has 3 nitrogen and oxygen atoms in total. The van der Waals surface area contributed by atoms with Crippen LogP contribution in [0.25, 0.3) is 0 Å². The average molecular weight is 316 g/mol. The number of hydrogen-bond acceptors (Lipinski definition) is 3. The molecule has 4 atom stereocenters. The summed E-state index contributed by atoms with van der Waals surface area (Å²) in [5.74, 6) is 0.157. The van der Waals surface area contributed by atoms with E-state index in [1.54, 1.807) is 19.1 Å². The van der Waals surface area contributed by atoms with Crippen molar-refractivity contribution < 1.29 is 14.3 Å². The van der Waals surface area contributed by atoms with Gasteiger partial charge in [0.15, 0.2) is 5.78 Å². The molecular formula is C20H28O3. The molecule has 0 saturated heterocycles. The summed E-state index contributed by atoms with van der Waals surface area (Å²) in [6.07, 6.45) is 3.13. The van der Waals surface area contributed by atoms with Crippen LogP contribution in [0.1, 0.15) is 57.3 Å². The van der Waals surface area contributed by atoms with Crippen molar-refractivity contribution in [3.05, 3.63) is 35.9 Å². The molecule has 1 saturated carbocycles. The van der Waals surface area contributed by atoms with E-state index in [4.69, 9.17) is 4.74 Å². The van der Waals surface area contributed by atoms with Crippen molar-refractivity contribution in [2.24, 2.45) is 23.7 Å². The summed E-state index contributed by atoms with van der Waals surface area (Å²) in [7, 11) is 0. The highest BCUT2D eigenvalue weighted by atomic mass is 16.5. The van der Waals surface area contributed by atoms with Gasteiger partial charge < -0.3 is 4.74 Å². The van der Waals surface area contributed by atoms with E-state index < -0.39 is 5.92 Å². The van der Waals surface area contributed by atoms with Crippen LogP contribution in [0.5, 0.6) is 0 Å². The lowest BCUT2D eigenvalue weighted by molar-refractivity contribution is -0.158. The quantitative estimate of drug-likeness (QED) is 0.456. The number of benzene rings is 1. The first-order valence-corrected chi connectivity index (χ1v) is 8.70. The summed E-state index contributed by atoms with van der Waals surface area (Å²) in [6, 6.07) is 8.96. The van der Waals surface area contributed by atoms with Crippen molar-refractivity contribution in [3.8, 4) is 0 Å². The van der Waals surface area contributed by atoms with Gasteiger partial charge in [-0.25, -0.2) is 0 Å². The summed E-state index contributed by atoms with van der Waals surface area (Å²) < 4.78 is 5.78. The molecule has 1 fully saturated rings. The van der Waals surface area contributed by atoms with Gasteiger partial charge in [0.1, 0.15) is 12.0 Å². The highest BCUT2D eigenvalue weighted by Gasteiger charge is 2.35. The van der Waals surface area contributed by atoms with Crippen LogP contribution in [-0.2, 0) is 9.53 Å². The van der Waals surface area contributed by atoms with Crippen LogP contribution >= 0.6 is 0 Å². The standard InChI is InChI=1S/C20H28O3/c1-13(2)17-11-10-14(3)12-18(17)23-20(22)15(4)19(21)16-8-6-5-7-9-16/h5-9,13-15,17-18H,10-12H2,1-4H3/t14-,15-,17+,18+/m0/s1. The number of Topliss-reactive ketones (excluding diaryl/α,β-unsaturated/α-hetero) is 1. The highest BCUT2D eigenvalue weighted by Crippen LogP contribution is 2.35. The Morgan fingerprint density at radius 3 is 2.35 bits per heavy atom. The Morgan fingerprint density at radius 1 is 1.09 bits per heavy atom. The van der Waals surface area contributed by atoms with Crippen LogP contribution in [0.3, 0.4) is 0 Å². The molecule has 1 aliphatic rings.